The molecule has 0 atom stereocenters. The molecule has 0 aliphatic rings. The highest BCUT2D eigenvalue weighted by atomic mass is 35.5. The number of ether oxygens (including phenoxy) is 1. The highest BCUT2D eigenvalue weighted by molar-refractivity contribution is 7.80. The van der Waals surface area contributed by atoms with E-state index in [4.69, 9.17) is 51.2 Å². The Morgan fingerprint density at radius 2 is 2.00 bits per heavy atom. The zero-order valence-electron chi connectivity index (χ0n) is 11.9. The normalized spacial score (nSPS) is 10.9. The second-order valence-corrected chi connectivity index (χ2v) is 5.88. The van der Waals surface area contributed by atoms with Crippen LogP contribution >= 0.6 is 35.4 Å². The molecule has 23 heavy (non-hydrogen) atoms. The van der Waals surface area contributed by atoms with E-state index in [-0.39, 0.29) is 17.2 Å². The lowest BCUT2D eigenvalue weighted by atomic mass is 10.1. The van der Waals surface area contributed by atoms with Crippen LogP contribution in [0.1, 0.15) is 11.1 Å². The third-order valence-electron chi connectivity index (χ3n) is 3.00. The van der Waals surface area contributed by atoms with Crippen molar-refractivity contribution in [1.29, 1.82) is 5.26 Å². The van der Waals surface area contributed by atoms with Crippen molar-refractivity contribution < 1.29 is 4.74 Å². The summed E-state index contributed by atoms with van der Waals surface area (Å²) >= 11 is 16.9. The predicted molar refractivity (Wildman–Crippen MR) is 97.6 cm³/mol. The van der Waals surface area contributed by atoms with E-state index in [0.29, 0.717) is 21.4 Å². The molecular weight excluding hydrogens is 351 g/mol. The van der Waals surface area contributed by atoms with Crippen molar-refractivity contribution in [2.45, 2.75) is 6.61 Å². The Bertz CT molecular complexity index is 812. The van der Waals surface area contributed by atoms with Gasteiger partial charge >= 0.3 is 0 Å². The van der Waals surface area contributed by atoms with Crippen molar-refractivity contribution in [3.05, 3.63) is 69.2 Å². The first-order valence-electron chi connectivity index (χ1n) is 6.58. The van der Waals surface area contributed by atoms with Crippen LogP contribution in [0.4, 0.5) is 0 Å². The molecule has 2 N–H and O–H groups in total. The summed E-state index contributed by atoms with van der Waals surface area (Å²) in [6, 6.07) is 14.5. The fourth-order valence-corrected chi connectivity index (χ4v) is 2.41. The van der Waals surface area contributed by atoms with Crippen molar-refractivity contribution in [3.63, 3.8) is 0 Å². The van der Waals surface area contributed by atoms with E-state index in [1.54, 1.807) is 30.3 Å². The molecule has 0 heterocycles. The molecule has 6 heteroatoms. The number of halogens is 2. The minimum Gasteiger partial charge on any atom is -0.488 e. The minimum atomic E-state index is 0.0445. The molecule has 2 rings (SSSR count). The van der Waals surface area contributed by atoms with Crippen LogP contribution in [0.2, 0.25) is 10.0 Å². The Kier molecular flexibility index (Phi) is 6.00. The van der Waals surface area contributed by atoms with Gasteiger partial charge in [0.2, 0.25) is 0 Å². The van der Waals surface area contributed by atoms with Gasteiger partial charge in [-0.1, -0.05) is 59.7 Å². The lowest BCUT2D eigenvalue weighted by Gasteiger charge is -2.11. The average molecular weight is 363 g/mol. The first kappa shape index (κ1) is 17.3. The van der Waals surface area contributed by atoms with Crippen LogP contribution in [0.5, 0.6) is 5.75 Å². The van der Waals surface area contributed by atoms with Crippen LogP contribution in [0.3, 0.4) is 0 Å². The first-order valence-corrected chi connectivity index (χ1v) is 7.75. The van der Waals surface area contributed by atoms with Crippen LogP contribution < -0.4 is 10.5 Å². The Hall–Kier alpha value is -2.06. The number of rotatable bonds is 5. The summed E-state index contributed by atoms with van der Waals surface area (Å²) in [6.45, 7) is 0.274. The highest BCUT2D eigenvalue weighted by Gasteiger charge is 2.07. The van der Waals surface area contributed by atoms with Gasteiger partial charge in [-0.2, -0.15) is 5.26 Å². The molecule has 0 saturated heterocycles. The van der Waals surface area contributed by atoms with E-state index in [2.05, 4.69) is 0 Å². The summed E-state index contributed by atoms with van der Waals surface area (Å²) in [6.07, 6.45) is 1.60. The molecule has 2 aromatic carbocycles. The van der Waals surface area contributed by atoms with Crippen LogP contribution in [0.15, 0.2) is 48.0 Å². The second kappa shape index (κ2) is 7.98. The maximum Gasteiger partial charge on any atom is 0.127 e. The van der Waals surface area contributed by atoms with Crippen LogP contribution in [0.25, 0.3) is 6.08 Å². The highest BCUT2D eigenvalue weighted by Crippen LogP contribution is 2.25. The molecule has 0 aliphatic heterocycles. The van der Waals surface area contributed by atoms with Crippen molar-refractivity contribution in [1.82, 2.24) is 0 Å². The summed E-state index contributed by atoms with van der Waals surface area (Å²) in [4.78, 5) is 0.0445. The summed E-state index contributed by atoms with van der Waals surface area (Å²) in [5.74, 6) is 0.600. The number of hydrogen-bond acceptors (Lipinski definition) is 3. The van der Waals surface area contributed by atoms with E-state index in [0.717, 1.165) is 5.56 Å². The number of thiocarbonyl (C=S) groups is 1. The maximum atomic E-state index is 9.06. The van der Waals surface area contributed by atoms with Crippen molar-refractivity contribution >= 4 is 46.5 Å². The molecule has 2 aromatic rings. The first-order chi connectivity index (χ1) is 11.0. The minimum absolute atomic E-state index is 0.0445. The Morgan fingerprint density at radius 3 is 2.65 bits per heavy atom. The van der Waals surface area contributed by atoms with Gasteiger partial charge in [0, 0.05) is 21.2 Å². The molecule has 0 fully saturated rings. The SMILES string of the molecule is N#C/C(=C\c1ccccc1OCc1ccc(Cl)cc1Cl)C(N)=S. The number of nitrogens with two attached hydrogens (primary N) is 1. The molecule has 0 radical (unpaired) electrons. The van der Waals surface area contributed by atoms with E-state index in [9.17, 15) is 0 Å². The van der Waals surface area contributed by atoms with Gasteiger partial charge in [-0.3, -0.25) is 0 Å². The Balaban J connectivity index is 2.24. The van der Waals surface area contributed by atoms with Crippen LogP contribution in [-0.2, 0) is 6.61 Å². The lowest BCUT2D eigenvalue weighted by molar-refractivity contribution is 0.305. The maximum absolute atomic E-state index is 9.06. The van der Waals surface area contributed by atoms with Gasteiger partial charge in [0.1, 0.15) is 23.4 Å². The van der Waals surface area contributed by atoms with E-state index >= 15 is 0 Å². The number of nitriles is 1. The van der Waals surface area contributed by atoms with Crippen LogP contribution in [0, 0.1) is 11.3 Å². The van der Waals surface area contributed by atoms with Crippen molar-refractivity contribution in [2.24, 2.45) is 5.73 Å². The van der Waals surface area contributed by atoms with Gasteiger partial charge in [-0.05, 0) is 24.3 Å². The summed E-state index contributed by atoms with van der Waals surface area (Å²) in [5.41, 5.74) is 7.26. The lowest BCUT2D eigenvalue weighted by Crippen LogP contribution is -2.09. The largest absolute Gasteiger partial charge is 0.488 e. The quantitative estimate of drug-likeness (QED) is 0.472. The Labute approximate surface area is 149 Å². The fraction of sp³-hybridized carbons (Fsp3) is 0.0588. The van der Waals surface area contributed by atoms with Crippen molar-refractivity contribution in [3.8, 4) is 11.8 Å². The van der Waals surface area contributed by atoms with Gasteiger partial charge in [0.05, 0.1) is 5.57 Å². The number of benzene rings is 2. The third-order valence-corrected chi connectivity index (χ3v) is 3.81. The summed E-state index contributed by atoms with van der Waals surface area (Å²) in [7, 11) is 0. The number of para-hydroxylation sites is 1. The third kappa shape index (κ3) is 4.70. The topological polar surface area (TPSA) is 59.0 Å². The van der Waals surface area contributed by atoms with E-state index < -0.39 is 0 Å². The molecule has 0 unspecified atom stereocenters. The molecule has 0 bridgehead atoms. The predicted octanol–water partition coefficient (Wildman–Crippen LogP) is 4.77. The molecule has 0 aliphatic carbocycles. The van der Waals surface area contributed by atoms with Gasteiger partial charge in [0.15, 0.2) is 0 Å². The van der Waals surface area contributed by atoms with Crippen molar-refractivity contribution in [2.75, 3.05) is 0 Å². The van der Waals surface area contributed by atoms with E-state index in [1.165, 1.54) is 0 Å². The molecule has 3 nitrogen and oxygen atoms in total. The molecular formula is C17H12Cl2N2OS. The molecule has 0 saturated carbocycles. The molecule has 0 spiro atoms. The zero-order valence-corrected chi connectivity index (χ0v) is 14.3. The second-order valence-electron chi connectivity index (χ2n) is 4.60. The smallest absolute Gasteiger partial charge is 0.127 e. The average Bonchev–Trinajstić information content (AvgIpc) is 2.52. The standard InChI is InChI=1S/C17H12Cl2N2OS/c18-14-6-5-12(15(19)8-14)10-22-16-4-2-1-3-11(16)7-13(9-20)17(21)23/h1-8H,10H2,(H2,21,23)/b13-7+. The zero-order chi connectivity index (χ0) is 16.8. The van der Waals surface area contributed by atoms with Gasteiger partial charge < -0.3 is 10.5 Å². The number of hydrogen-bond donors (Lipinski definition) is 1. The fourth-order valence-electron chi connectivity index (χ4n) is 1.84. The molecule has 0 amide bonds. The molecule has 116 valence electrons. The number of nitrogens with zero attached hydrogens (tertiary/aromatic N) is 1. The van der Waals surface area contributed by atoms with Gasteiger partial charge in [-0.15, -0.1) is 0 Å². The van der Waals surface area contributed by atoms with Gasteiger partial charge in [-0.25, -0.2) is 0 Å². The molecule has 0 aromatic heterocycles. The summed E-state index contributed by atoms with van der Waals surface area (Å²) < 4.78 is 5.80. The summed E-state index contributed by atoms with van der Waals surface area (Å²) in [5, 5.41) is 10.2. The monoisotopic (exact) mass is 362 g/mol. The van der Waals surface area contributed by atoms with Crippen LogP contribution in [-0.4, -0.2) is 4.99 Å². The van der Waals surface area contributed by atoms with E-state index in [1.807, 2.05) is 24.3 Å². The Morgan fingerprint density at radius 1 is 1.26 bits per heavy atom. The van der Waals surface area contributed by atoms with Gasteiger partial charge in [0.25, 0.3) is 0 Å².